The lowest BCUT2D eigenvalue weighted by atomic mass is 9.89. The Morgan fingerprint density at radius 3 is 2.68 bits per heavy atom. The van der Waals surface area contributed by atoms with Crippen molar-refractivity contribution in [3.8, 4) is 5.75 Å². The number of rotatable bonds is 14. The SMILES string of the molecule is COc1ccc(CC2(CNCCCCNc3cc(F)c(S(=O)(=O)Nc4nccs4)cc3Cl)CCCN2)cc1. The largest absolute Gasteiger partial charge is 0.497 e. The minimum atomic E-state index is -4.13. The van der Waals surface area contributed by atoms with Crippen LogP contribution in [0.4, 0.5) is 15.2 Å². The van der Waals surface area contributed by atoms with Gasteiger partial charge in [0.25, 0.3) is 10.0 Å². The van der Waals surface area contributed by atoms with Crippen molar-refractivity contribution in [1.82, 2.24) is 15.6 Å². The van der Waals surface area contributed by atoms with E-state index in [0.29, 0.717) is 12.2 Å². The van der Waals surface area contributed by atoms with Crippen LogP contribution in [0.2, 0.25) is 5.02 Å². The fraction of sp³-hybridized carbons (Fsp3) is 0.423. The van der Waals surface area contributed by atoms with E-state index in [-0.39, 0.29) is 15.7 Å². The second-order valence-corrected chi connectivity index (χ2v) is 12.3. The van der Waals surface area contributed by atoms with Gasteiger partial charge in [0, 0.05) is 30.2 Å². The van der Waals surface area contributed by atoms with Gasteiger partial charge in [0.2, 0.25) is 0 Å². The summed E-state index contributed by atoms with van der Waals surface area (Å²) in [5.74, 6) is -0.0172. The van der Waals surface area contributed by atoms with E-state index in [1.54, 1.807) is 12.5 Å². The number of nitrogens with one attached hydrogen (secondary N) is 4. The molecule has 0 amide bonds. The third-order valence-corrected chi connectivity index (χ3v) is 9.04. The third kappa shape index (κ3) is 7.57. The maximum atomic E-state index is 14.7. The zero-order valence-electron chi connectivity index (χ0n) is 21.2. The molecule has 4 N–H and O–H groups in total. The van der Waals surface area contributed by atoms with Gasteiger partial charge in [-0.05, 0) is 75.0 Å². The molecule has 1 aliphatic rings. The Morgan fingerprint density at radius 2 is 2.00 bits per heavy atom. The second-order valence-electron chi connectivity index (χ2n) is 9.35. The Bertz CT molecular complexity index is 1280. The molecule has 1 aromatic heterocycles. The standard InChI is InChI=1S/C26H33ClFN5O3S2/c1-36-20-7-5-19(6-8-20)17-26(9-4-12-32-26)18-29-10-2-3-11-30-23-16-22(28)24(15-21(23)27)38(34,35)33-25-31-13-14-37-25/h5-8,13-16,29-30,32H,2-4,9-12,17-18H2,1H3,(H,31,33). The normalized spacial score (nSPS) is 17.4. The lowest BCUT2D eigenvalue weighted by Gasteiger charge is -2.30. The molecular weight excluding hydrogens is 549 g/mol. The molecule has 2 aromatic carbocycles. The van der Waals surface area contributed by atoms with E-state index >= 15 is 0 Å². The summed E-state index contributed by atoms with van der Waals surface area (Å²) in [6.07, 6.45) is 6.48. The number of anilines is 2. The van der Waals surface area contributed by atoms with Gasteiger partial charge in [-0.25, -0.2) is 17.8 Å². The number of halogens is 2. The van der Waals surface area contributed by atoms with E-state index < -0.39 is 20.7 Å². The molecule has 0 radical (unpaired) electrons. The molecule has 0 spiro atoms. The zero-order chi connectivity index (χ0) is 27.0. The number of benzene rings is 2. The third-order valence-electron chi connectivity index (χ3n) is 6.56. The molecule has 0 aliphatic carbocycles. The first kappa shape index (κ1) is 28.6. The van der Waals surface area contributed by atoms with Crippen molar-refractivity contribution in [2.45, 2.75) is 42.5 Å². The van der Waals surface area contributed by atoms with Gasteiger partial charge in [-0.15, -0.1) is 11.3 Å². The first-order valence-electron chi connectivity index (χ1n) is 12.5. The number of sulfonamides is 1. The van der Waals surface area contributed by atoms with Crippen molar-refractivity contribution in [1.29, 1.82) is 0 Å². The van der Waals surface area contributed by atoms with Crippen LogP contribution in [-0.2, 0) is 16.4 Å². The van der Waals surface area contributed by atoms with Crippen LogP contribution in [0.15, 0.2) is 52.9 Å². The van der Waals surface area contributed by atoms with Crippen LogP contribution in [0.5, 0.6) is 5.75 Å². The van der Waals surface area contributed by atoms with Crippen molar-refractivity contribution in [2.24, 2.45) is 0 Å². The molecule has 0 saturated carbocycles. The Kier molecular flexibility index (Phi) is 9.83. The van der Waals surface area contributed by atoms with Gasteiger partial charge in [-0.2, -0.15) is 0 Å². The van der Waals surface area contributed by atoms with Crippen molar-refractivity contribution in [3.05, 3.63) is 64.4 Å². The van der Waals surface area contributed by atoms with Gasteiger partial charge in [0.1, 0.15) is 16.5 Å². The summed E-state index contributed by atoms with van der Waals surface area (Å²) in [7, 11) is -2.46. The fourth-order valence-electron chi connectivity index (χ4n) is 4.61. The Morgan fingerprint density at radius 1 is 1.21 bits per heavy atom. The van der Waals surface area contributed by atoms with Gasteiger partial charge < -0.3 is 20.7 Å². The summed E-state index contributed by atoms with van der Waals surface area (Å²) in [5.41, 5.74) is 1.70. The number of ether oxygens (including phenoxy) is 1. The van der Waals surface area contributed by atoms with E-state index in [9.17, 15) is 12.8 Å². The predicted molar refractivity (Wildman–Crippen MR) is 152 cm³/mol. The second kappa shape index (κ2) is 13.1. The smallest absolute Gasteiger partial charge is 0.266 e. The van der Waals surface area contributed by atoms with E-state index in [4.69, 9.17) is 16.3 Å². The van der Waals surface area contributed by atoms with Crippen molar-refractivity contribution >= 4 is 43.8 Å². The average Bonchev–Trinajstić information content (AvgIpc) is 3.58. The molecule has 2 heterocycles. The minimum absolute atomic E-state index is 0.0500. The first-order valence-corrected chi connectivity index (χ1v) is 15.3. The highest BCUT2D eigenvalue weighted by Gasteiger charge is 2.33. The van der Waals surface area contributed by atoms with Crippen LogP contribution < -0.4 is 25.4 Å². The number of thiazole rings is 1. The number of methoxy groups -OCH3 is 1. The van der Waals surface area contributed by atoms with E-state index in [1.165, 1.54) is 18.2 Å². The lowest BCUT2D eigenvalue weighted by Crippen LogP contribution is -2.50. The van der Waals surface area contributed by atoms with E-state index in [2.05, 4.69) is 37.8 Å². The molecule has 8 nitrogen and oxygen atoms in total. The molecule has 38 heavy (non-hydrogen) atoms. The van der Waals surface area contributed by atoms with Crippen molar-refractivity contribution < 1.29 is 17.5 Å². The van der Waals surface area contributed by atoms with E-state index in [1.807, 2.05) is 12.1 Å². The molecule has 1 saturated heterocycles. The lowest BCUT2D eigenvalue weighted by molar-refractivity contribution is 0.348. The van der Waals surface area contributed by atoms with Crippen molar-refractivity contribution in [3.63, 3.8) is 0 Å². The van der Waals surface area contributed by atoms with Gasteiger partial charge in [-0.3, -0.25) is 4.72 Å². The number of aromatic nitrogens is 1. The number of hydrogen-bond donors (Lipinski definition) is 4. The zero-order valence-corrected chi connectivity index (χ0v) is 23.6. The Labute approximate surface area is 232 Å². The number of nitrogens with zero attached hydrogens (tertiary/aromatic N) is 1. The Balaban J connectivity index is 1.21. The van der Waals surface area contributed by atoms with Gasteiger partial charge in [0.05, 0.1) is 17.8 Å². The summed E-state index contributed by atoms with van der Waals surface area (Å²) in [4.78, 5) is 3.35. The molecule has 3 aromatic rings. The molecular formula is C26H33ClFN5O3S2. The summed E-state index contributed by atoms with van der Waals surface area (Å²) in [6, 6.07) is 10.5. The van der Waals surface area contributed by atoms with Crippen LogP contribution in [0.25, 0.3) is 0 Å². The molecule has 4 rings (SSSR count). The van der Waals surface area contributed by atoms with Gasteiger partial charge >= 0.3 is 0 Å². The maximum absolute atomic E-state index is 14.7. The number of hydrogen-bond acceptors (Lipinski definition) is 8. The van der Waals surface area contributed by atoms with E-state index in [0.717, 1.165) is 74.5 Å². The summed E-state index contributed by atoms with van der Waals surface area (Å²) in [5, 5.41) is 12.3. The Hall–Kier alpha value is -2.44. The van der Waals surface area contributed by atoms with Crippen LogP contribution >= 0.6 is 22.9 Å². The summed E-state index contributed by atoms with van der Waals surface area (Å²) in [6.45, 7) is 3.35. The highest BCUT2D eigenvalue weighted by molar-refractivity contribution is 7.93. The molecule has 1 aliphatic heterocycles. The van der Waals surface area contributed by atoms with Crippen LogP contribution in [0.3, 0.4) is 0 Å². The quantitative estimate of drug-likeness (QED) is 0.201. The monoisotopic (exact) mass is 581 g/mol. The maximum Gasteiger partial charge on any atom is 0.266 e. The first-order chi connectivity index (χ1) is 18.3. The minimum Gasteiger partial charge on any atom is -0.497 e. The summed E-state index contributed by atoms with van der Waals surface area (Å²) < 4.78 is 47.2. The average molecular weight is 582 g/mol. The molecule has 1 unspecified atom stereocenters. The van der Waals surface area contributed by atoms with Crippen LogP contribution in [0.1, 0.15) is 31.2 Å². The van der Waals surface area contributed by atoms with Crippen LogP contribution in [-0.4, -0.2) is 52.2 Å². The molecule has 1 fully saturated rings. The predicted octanol–water partition coefficient (Wildman–Crippen LogP) is 4.89. The van der Waals surface area contributed by atoms with Gasteiger partial charge in [-0.1, -0.05) is 23.7 Å². The molecule has 206 valence electrons. The molecule has 0 bridgehead atoms. The van der Waals surface area contributed by atoms with Crippen LogP contribution in [0, 0.1) is 5.82 Å². The number of unbranched alkanes of at least 4 members (excludes halogenated alkanes) is 1. The topological polar surface area (TPSA) is 104 Å². The van der Waals surface area contributed by atoms with Gasteiger partial charge in [0.15, 0.2) is 5.13 Å². The van der Waals surface area contributed by atoms with Crippen molar-refractivity contribution in [2.75, 3.05) is 43.3 Å². The molecule has 12 heteroatoms. The summed E-state index contributed by atoms with van der Waals surface area (Å²) >= 11 is 7.37. The highest BCUT2D eigenvalue weighted by Crippen LogP contribution is 2.30. The molecule has 1 atom stereocenters. The fourth-order valence-corrected chi connectivity index (χ4v) is 6.78. The highest BCUT2D eigenvalue weighted by atomic mass is 35.5.